The Hall–Kier alpha value is -3.91. The molecule has 166 valence electrons. The minimum atomic E-state index is -0.789. The summed E-state index contributed by atoms with van der Waals surface area (Å²) in [6, 6.07) is 20.4. The van der Waals surface area contributed by atoms with Crippen molar-refractivity contribution in [2.24, 2.45) is 0 Å². The molecule has 3 aromatic rings. The molecule has 1 fully saturated rings. The van der Waals surface area contributed by atoms with Gasteiger partial charge in [0.2, 0.25) is 0 Å². The molecule has 7 nitrogen and oxygen atoms in total. The van der Waals surface area contributed by atoms with Crippen LogP contribution in [-0.4, -0.2) is 25.0 Å². The lowest BCUT2D eigenvalue weighted by molar-refractivity contribution is -0.122. The molecule has 3 aromatic carbocycles. The number of ether oxygens (including phenoxy) is 2. The van der Waals surface area contributed by atoms with Crippen molar-refractivity contribution in [2.75, 3.05) is 12.0 Å². The third-order valence-electron chi connectivity index (χ3n) is 4.92. The Morgan fingerprint density at radius 1 is 0.939 bits per heavy atom. The van der Waals surface area contributed by atoms with Crippen molar-refractivity contribution in [3.8, 4) is 11.5 Å². The average Bonchev–Trinajstić information content (AvgIpc) is 2.82. The second-order valence-corrected chi connectivity index (χ2v) is 8.03. The quantitative estimate of drug-likeness (QED) is 0.386. The predicted molar refractivity (Wildman–Crippen MR) is 127 cm³/mol. The van der Waals surface area contributed by atoms with Crippen molar-refractivity contribution in [3.63, 3.8) is 0 Å². The Kier molecular flexibility index (Phi) is 6.55. The van der Waals surface area contributed by atoms with E-state index in [0.29, 0.717) is 29.4 Å². The molecule has 0 unspecified atom stereocenters. The fourth-order valence-electron chi connectivity index (χ4n) is 3.27. The fraction of sp³-hybridized carbons (Fsp3) is 0.0800. The van der Waals surface area contributed by atoms with E-state index in [1.165, 1.54) is 13.2 Å². The molecule has 1 N–H and O–H groups in total. The van der Waals surface area contributed by atoms with Crippen LogP contribution < -0.4 is 19.7 Å². The maximum Gasteiger partial charge on any atom is 0.335 e. The van der Waals surface area contributed by atoms with Gasteiger partial charge in [-0.3, -0.25) is 14.9 Å². The Bertz CT molecular complexity index is 1240. The molecule has 33 heavy (non-hydrogen) atoms. The number of hydrogen-bond donors (Lipinski definition) is 1. The fourth-order valence-corrected chi connectivity index (χ4v) is 3.53. The number of halogens is 1. The molecule has 1 aliphatic heterocycles. The van der Waals surface area contributed by atoms with Crippen LogP contribution in [0.2, 0.25) is 0 Å². The van der Waals surface area contributed by atoms with Gasteiger partial charge in [-0.15, -0.1) is 0 Å². The number of para-hydroxylation sites is 1. The van der Waals surface area contributed by atoms with Gasteiger partial charge in [0, 0.05) is 4.47 Å². The highest BCUT2D eigenvalue weighted by atomic mass is 79.9. The molecule has 0 aliphatic carbocycles. The number of barbiturate groups is 1. The molecule has 0 saturated carbocycles. The molecule has 1 heterocycles. The largest absolute Gasteiger partial charge is 0.493 e. The molecule has 0 aromatic heterocycles. The SMILES string of the molecule is COc1cc(/C=C2\C(=O)NC(=O)N(c3ccccc3)C2=O)ccc1OCc1ccc(Br)cc1. The molecule has 0 atom stereocenters. The van der Waals surface area contributed by atoms with E-state index in [2.05, 4.69) is 21.2 Å². The third kappa shape index (κ3) is 4.96. The number of methoxy groups -OCH3 is 1. The maximum atomic E-state index is 13.0. The molecule has 0 radical (unpaired) electrons. The third-order valence-corrected chi connectivity index (χ3v) is 5.45. The highest BCUT2D eigenvalue weighted by molar-refractivity contribution is 9.10. The number of nitrogens with zero attached hydrogens (tertiary/aromatic N) is 1. The van der Waals surface area contributed by atoms with E-state index in [1.807, 2.05) is 24.3 Å². The standard InChI is InChI=1S/C25H19BrN2O5/c1-32-22-14-17(9-12-21(22)33-15-16-7-10-18(26)11-8-16)13-20-23(29)27-25(31)28(24(20)30)19-5-3-2-4-6-19/h2-14H,15H2,1H3,(H,27,29,31)/b20-13+. The van der Waals surface area contributed by atoms with Crippen molar-refractivity contribution in [1.29, 1.82) is 0 Å². The zero-order chi connectivity index (χ0) is 23.4. The molecule has 1 saturated heterocycles. The Balaban J connectivity index is 1.58. The zero-order valence-corrected chi connectivity index (χ0v) is 19.2. The van der Waals surface area contributed by atoms with E-state index >= 15 is 0 Å². The number of rotatable bonds is 6. The van der Waals surface area contributed by atoms with E-state index in [-0.39, 0.29) is 5.57 Å². The van der Waals surface area contributed by atoms with Gasteiger partial charge >= 0.3 is 6.03 Å². The molecule has 1 aliphatic rings. The first-order valence-corrected chi connectivity index (χ1v) is 10.8. The first-order chi connectivity index (χ1) is 16.0. The van der Waals surface area contributed by atoms with Gasteiger partial charge in [0.25, 0.3) is 11.8 Å². The second kappa shape index (κ2) is 9.70. The average molecular weight is 507 g/mol. The van der Waals surface area contributed by atoms with Crippen LogP contribution in [0.25, 0.3) is 6.08 Å². The van der Waals surface area contributed by atoms with Crippen LogP contribution in [0.1, 0.15) is 11.1 Å². The van der Waals surface area contributed by atoms with Crippen molar-refractivity contribution >= 4 is 45.5 Å². The van der Waals surface area contributed by atoms with Gasteiger partial charge in [-0.2, -0.15) is 0 Å². The van der Waals surface area contributed by atoms with E-state index in [4.69, 9.17) is 9.47 Å². The van der Waals surface area contributed by atoms with Gasteiger partial charge in [0.1, 0.15) is 12.2 Å². The molecular formula is C25H19BrN2O5. The highest BCUT2D eigenvalue weighted by Gasteiger charge is 2.36. The van der Waals surface area contributed by atoms with Crippen LogP contribution in [-0.2, 0) is 16.2 Å². The van der Waals surface area contributed by atoms with E-state index < -0.39 is 17.8 Å². The summed E-state index contributed by atoms with van der Waals surface area (Å²) in [6.45, 7) is 0.346. The number of benzene rings is 3. The smallest absolute Gasteiger partial charge is 0.335 e. The first-order valence-electron chi connectivity index (χ1n) is 9.98. The summed E-state index contributed by atoms with van der Waals surface area (Å²) >= 11 is 3.40. The number of imide groups is 2. The summed E-state index contributed by atoms with van der Waals surface area (Å²) < 4.78 is 12.3. The number of hydrogen-bond acceptors (Lipinski definition) is 5. The summed E-state index contributed by atoms with van der Waals surface area (Å²) in [5, 5.41) is 2.21. The second-order valence-electron chi connectivity index (χ2n) is 7.12. The molecule has 8 heteroatoms. The molecule has 0 bridgehead atoms. The summed E-state index contributed by atoms with van der Waals surface area (Å²) in [5.41, 5.74) is 1.74. The molecule has 4 amide bonds. The number of carbonyl (C=O) groups excluding carboxylic acids is 3. The summed E-state index contributed by atoms with van der Waals surface area (Å²) in [4.78, 5) is 38.6. The molecule has 4 rings (SSSR count). The van der Waals surface area contributed by atoms with Crippen molar-refractivity contribution in [3.05, 3.63) is 94.0 Å². The number of amides is 4. The lowest BCUT2D eigenvalue weighted by atomic mass is 10.1. The van der Waals surface area contributed by atoms with Crippen LogP contribution in [0, 0.1) is 0 Å². The van der Waals surface area contributed by atoms with Gasteiger partial charge in [-0.25, -0.2) is 9.69 Å². The topological polar surface area (TPSA) is 84.9 Å². The summed E-state index contributed by atoms with van der Waals surface area (Å²) in [5.74, 6) is -0.500. The number of anilines is 1. The normalized spacial score (nSPS) is 14.9. The van der Waals surface area contributed by atoms with E-state index in [0.717, 1.165) is 14.9 Å². The van der Waals surface area contributed by atoms with E-state index in [9.17, 15) is 14.4 Å². The molecular weight excluding hydrogens is 488 g/mol. The van der Waals surface area contributed by atoms with Crippen molar-refractivity contribution in [2.45, 2.75) is 6.61 Å². The van der Waals surface area contributed by atoms with Crippen LogP contribution in [0.3, 0.4) is 0 Å². The van der Waals surface area contributed by atoms with Crippen LogP contribution in [0.4, 0.5) is 10.5 Å². The van der Waals surface area contributed by atoms with Gasteiger partial charge in [0.15, 0.2) is 11.5 Å². The minimum Gasteiger partial charge on any atom is -0.493 e. The Morgan fingerprint density at radius 2 is 1.67 bits per heavy atom. The van der Waals surface area contributed by atoms with Gasteiger partial charge in [-0.1, -0.05) is 52.3 Å². The van der Waals surface area contributed by atoms with Crippen LogP contribution >= 0.6 is 15.9 Å². The van der Waals surface area contributed by atoms with Crippen molar-refractivity contribution < 1.29 is 23.9 Å². The van der Waals surface area contributed by atoms with Crippen LogP contribution in [0.5, 0.6) is 11.5 Å². The zero-order valence-electron chi connectivity index (χ0n) is 17.6. The Morgan fingerprint density at radius 3 is 2.36 bits per heavy atom. The predicted octanol–water partition coefficient (Wildman–Crippen LogP) is 4.70. The molecule has 0 spiro atoms. The number of nitrogens with one attached hydrogen (secondary N) is 1. The first kappa shape index (κ1) is 22.3. The van der Waals surface area contributed by atoms with Gasteiger partial charge in [0.05, 0.1) is 12.8 Å². The van der Waals surface area contributed by atoms with Gasteiger partial charge < -0.3 is 9.47 Å². The van der Waals surface area contributed by atoms with Crippen molar-refractivity contribution in [1.82, 2.24) is 5.32 Å². The summed E-state index contributed by atoms with van der Waals surface area (Å²) in [7, 11) is 1.51. The number of carbonyl (C=O) groups is 3. The monoisotopic (exact) mass is 506 g/mol. The summed E-state index contributed by atoms with van der Waals surface area (Å²) in [6.07, 6.45) is 1.42. The van der Waals surface area contributed by atoms with Gasteiger partial charge in [-0.05, 0) is 53.6 Å². The maximum absolute atomic E-state index is 13.0. The Labute approximate surface area is 198 Å². The lowest BCUT2D eigenvalue weighted by Crippen LogP contribution is -2.54. The minimum absolute atomic E-state index is 0.163. The lowest BCUT2D eigenvalue weighted by Gasteiger charge is -2.26. The van der Waals surface area contributed by atoms with E-state index in [1.54, 1.807) is 48.5 Å². The van der Waals surface area contributed by atoms with Crippen LogP contribution in [0.15, 0.2) is 82.8 Å². The number of urea groups is 1. The highest BCUT2D eigenvalue weighted by Crippen LogP contribution is 2.30.